The first kappa shape index (κ1) is 25.0. The minimum atomic E-state index is -3.62. The summed E-state index contributed by atoms with van der Waals surface area (Å²) in [4.78, 5) is 18.5. The number of carbonyl (C=O) groups is 1. The van der Waals surface area contributed by atoms with Crippen LogP contribution in [0.5, 0.6) is 0 Å². The molecule has 8 nitrogen and oxygen atoms in total. The topological polar surface area (TPSA) is 84.7 Å². The standard InChI is InChI=1S/C30H34N4O4S/c1-21-5-10-24-26(17-21)39(36,37)19-25-27(29(35)33-15-16-38-30(20-33)11-12-30)31-34(28(24)25)23-8-6-22(7-9-23)18-32-13-3-2-4-14-32/h5-10,17H,2-4,11-16,18-20H2,1H3. The van der Waals surface area contributed by atoms with Crippen molar-refractivity contribution in [2.75, 3.05) is 32.8 Å². The molecule has 3 aromatic rings. The molecule has 3 fully saturated rings. The fraction of sp³-hybridized carbons (Fsp3) is 0.467. The third kappa shape index (κ3) is 4.50. The van der Waals surface area contributed by atoms with Gasteiger partial charge in [0.05, 0.1) is 40.8 Å². The van der Waals surface area contributed by atoms with Gasteiger partial charge < -0.3 is 9.64 Å². The maximum Gasteiger partial charge on any atom is 0.274 e. The molecule has 0 bridgehead atoms. The number of piperidine rings is 1. The van der Waals surface area contributed by atoms with Gasteiger partial charge in [-0.15, -0.1) is 0 Å². The number of amides is 1. The summed E-state index contributed by atoms with van der Waals surface area (Å²) in [5, 5.41) is 4.85. The second-order valence-electron chi connectivity index (χ2n) is 11.6. The van der Waals surface area contributed by atoms with Crippen molar-refractivity contribution in [3.63, 3.8) is 0 Å². The maximum absolute atomic E-state index is 13.9. The van der Waals surface area contributed by atoms with Crippen LogP contribution in [0, 0.1) is 6.92 Å². The summed E-state index contributed by atoms with van der Waals surface area (Å²) in [7, 11) is -3.62. The van der Waals surface area contributed by atoms with Gasteiger partial charge in [0.15, 0.2) is 15.5 Å². The molecule has 1 spiro atoms. The quantitative estimate of drug-likeness (QED) is 0.489. The van der Waals surface area contributed by atoms with E-state index >= 15 is 0 Å². The predicted octanol–water partition coefficient (Wildman–Crippen LogP) is 4.13. The Morgan fingerprint density at radius 2 is 1.79 bits per heavy atom. The molecule has 0 atom stereocenters. The van der Waals surface area contributed by atoms with Crippen molar-refractivity contribution in [3.05, 3.63) is 64.8 Å². The van der Waals surface area contributed by atoms with Crippen LogP contribution in [-0.2, 0) is 26.9 Å². The first-order chi connectivity index (χ1) is 18.8. The Morgan fingerprint density at radius 1 is 1.03 bits per heavy atom. The van der Waals surface area contributed by atoms with E-state index in [2.05, 4.69) is 17.0 Å². The van der Waals surface area contributed by atoms with Gasteiger partial charge in [0.25, 0.3) is 5.91 Å². The molecule has 204 valence electrons. The average molecular weight is 547 g/mol. The number of aryl methyl sites for hydroxylation is 1. The molecule has 1 saturated carbocycles. The molecule has 1 aliphatic carbocycles. The van der Waals surface area contributed by atoms with Gasteiger partial charge in [-0.2, -0.15) is 5.10 Å². The number of hydrogen-bond acceptors (Lipinski definition) is 6. The van der Waals surface area contributed by atoms with Gasteiger partial charge in [-0.25, -0.2) is 13.1 Å². The smallest absolute Gasteiger partial charge is 0.274 e. The molecule has 3 aliphatic heterocycles. The Kier molecular flexibility index (Phi) is 5.95. The van der Waals surface area contributed by atoms with E-state index < -0.39 is 9.84 Å². The second-order valence-corrected chi connectivity index (χ2v) is 13.6. The lowest BCUT2D eigenvalue weighted by Gasteiger charge is -2.33. The van der Waals surface area contributed by atoms with Crippen LogP contribution in [0.25, 0.3) is 16.9 Å². The van der Waals surface area contributed by atoms with Gasteiger partial charge in [0.1, 0.15) is 0 Å². The van der Waals surface area contributed by atoms with Gasteiger partial charge in [-0.3, -0.25) is 9.69 Å². The Hall–Kier alpha value is -3.01. The largest absolute Gasteiger partial charge is 0.371 e. The third-order valence-corrected chi connectivity index (χ3v) is 10.3. The molecule has 2 aromatic carbocycles. The SMILES string of the molecule is Cc1ccc2c(c1)S(=O)(=O)Cc1c(C(=O)N3CCOC4(CC4)C3)nn(-c3ccc(CN4CCCCC4)cc3)c1-2. The van der Waals surface area contributed by atoms with E-state index in [-0.39, 0.29) is 23.0 Å². The number of sulfone groups is 1. The molecule has 1 aromatic heterocycles. The van der Waals surface area contributed by atoms with Crippen molar-refractivity contribution < 1.29 is 17.9 Å². The molecule has 1 amide bonds. The highest BCUT2D eigenvalue weighted by atomic mass is 32.2. The van der Waals surface area contributed by atoms with Crippen LogP contribution < -0.4 is 0 Å². The van der Waals surface area contributed by atoms with Crippen LogP contribution in [0.2, 0.25) is 0 Å². The average Bonchev–Trinajstić information content (AvgIpc) is 3.57. The Labute approximate surface area is 229 Å². The first-order valence-corrected chi connectivity index (χ1v) is 15.7. The molecule has 2 saturated heterocycles. The van der Waals surface area contributed by atoms with Crippen molar-refractivity contribution in [2.24, 2.45) is 0 Å². The number of morpholine rings is 1. The lowest BCUT2D eigenvalue weighted by Crippen LogP contribution is -2.47. The number of nitrogens with zero attached hydrogens (tertiary/aromatic N) is 4. The predicted molar refractivity (Wildman–Crippen MR) is 148 cm³/mol. The summed E-state index contributed by atoms with van der Waals surface area (Å²) in [5.41, 5.74) is 4.73. The third-order valence-electron chi connectivity index (χ3n) is 8.63. The Bertz CT molecular complexity index is 1550. The summed E-state index contributed by atoms with van der Waals surface area (Å²) in [6.07, 6.45) is 5.71. The normalized spacial score (nSPS) is 21.4. The molecule has 0 N–H and O–H groups in total. The van der Waals surface area contributed by atoms with Crippen LogP contribution in [0.4, 0.5) is 0 Å². The number of benzene rings is 2. The number of hydrogen-bond donors (Lipinski definition) is 0. The van der Waals surface area contributed by atoms with Crippen LogP contribution in [0.1, 0.15) is 59.3 Å². The fourth-order valence-electron chi connectivity index (χ4n) is 6.30. The maximum atomic E-state index is 13.9. The lowest BCUT2D eigenvalue weighted by atomic mass is 10.0. The van der Waals surface area contributed by atoms with Gasteiger partial charge in [-0.05, 0) is 75.0 Å². The fourth-order valence-corrected chi connectivity index (χ4v) is 7.98. The minimum Gasteiger partial charge on any atom is -0.371 e. The van der Waals surface area contributed by atoms with Crippen molar-refractivity contribution in [3.8, 4) is 16.9 Å². The number of ether oxygens (including phenoxy) is 1. The van der Waals surface area contributed by atoms with E-state index in [0.717, 1.165) is 43.7 Å². The molecular formula is C30H34N4O4S. The highest BCUT2D eigenvalue weighted by Crippen LogP contribution is 2.44. The van der Waals surface area contributed by atoms with Crippen molar-refractivity contribution in [1.82, 2.24) is 19.6 Å². The number of likely N-dealkylation sites (tertiary alicyclic amines) is 1. The van der Waals surface area contributed by atoms with E-state index in [1.165, 1.54) is 24.8 Å². The number of rotatable bonds is 4. The molecule has 39 heavy (non-hydrogen) atoms. The molecular weight excluding hydrogens is 512 g/mol. The van der Waals surface area contributed by atoms with E-state index in [9.17, 15) is 13.2 Å². The minimum absolute atomic E-state index is 0.216. The van der Waals surface area contributed by atoms with E-state index in [1.807, 2.05) is 31.2 Å². The van der Waals surface area contributed by atoms with Crippen LogP contribution in [0.15, 0.2) is 47.4 Å². The van der Waals surface area contributed by atoms with Crippen LogP contribution in [-0.4, -0.2) is 72.3 Å². The molecule has 4 aliphatic rings. The summed E-state index contributed by atoms with van der Waals surface area (Å²) >= 11 is 0. The zero-order valence-electron chi connectivity index (χ0n) is 22.4. The highest BCUT2D eigenvalue weighted by Gasteiger charge is 2.49. The van der Waals surface area contributed by atoms with Crippen LogP contribution in [0.3, 0.4) is 0 Å². The van der Waals surface area contributed by atoms with Crippen molar-refractivity contribution in [1.29, 1.82) is 0 Å². The lowest BCUT2D eigenvalue weighted by molar-refractivity contribution is -0.0377. The second kappa shape index (κ2) is 9.28. The van der Waals surface area contributed by atoms with Crippen molar-refractivity contribution in [2.45, 2.75) is 61.8 Å². The monoisotopic (exact) mass is 546 g/mol. The van der Waals surface area contributed by atoms with Crippen molar-refractivity contribution >= 4 is 15.7 Å². The summed E-state index contributed by atoms with van der Waals surface area (Å²) < 4.78 is 34.6. The number of aromatic nitrogens is 2. The molecule has 0 radical (unpaired) electrons. The van der Waals surface area contributed by atoms with Gasteiger partial charge in [0, 0.05) is 24.2 Å². The van der Waals surface area contributed by atoms with E-state index in [1.54, 1.807) is 15.6 Å². The summed E-state index contributed by atoms with van der Waals surface area (Å²) in [6, 6.07) is 13.8. The Balaban J connectivity index is 1.31. The molecule has 7 rings (SSSR count). The molecule has 0 unspecified atom stereocenters. The Morgan fingerprint density at radius 3 is 2.54 bits per heavy atom. The van der Waals surface area contributed by atoms with Gasteiger partial charge in [0.2, 0.25) is 0 Å². The van der Waals surface area contributed by atoms with Gasteiger partial charge >= 0.3 is 0 Å². The first-order valence-electron chi connectivity index (χ1n) is 14.0. The van der Waals surface area contributed by atoms with E-state index in [0.29, 0.717) is 41.4 Å². The zero-order valence-corrected chi connectivity index (χ0v) is 23.2. The molecule has 4 heterocycles. The number of fused-ring (bicyclic) bond motifs is 3. The summed E-state index contributed by atoms with van der Waals surface area (Å²) in [5.74, 6) is -0.449. The van der Waals surface area contributed by atoms with Gasteiger partial charge in [-0.1, -0.05) is 30.7 Å². The zero-order chi connectivity index (χ0) is 26.8. The highest BCUT2D eigenvalue weighted by molar-refractivity contribution is 7.90. The number of carbonyl (C=O) groups excluding carboxylic acids is 1. The van der Waals surface area contributed by atoms with Crippen LogP contribution >= 0.6 is 0 Å². The molecule has 9 heteroatoms. The summed E-state index contributed by atoms with van der Waals surface area (Å²) in [6.45, 7) is 6.58. The van der Waals surface area contributed by atoms with E-state index in [4.69, 9.17) is 9.84 Å².